The summed E-state index contributed by atoms with van der Waals surface area (Å²) in [5, 5.41) is 8.77. The number of H-pyrrole nitrogens is 1. The van der Waals surface area contributed by atoms with E-state index in [4.69, 9.17) is 27.9 Å². The molecule has 0 spiro atoms. The summed E-state index contributed by atoms with van der Waals surface area (Å²) in [6.45, 7) is 5.21. The van der Waals surface area contributed by atoms with E-state index in [0.717, 1.165) is 37.3 Å². The molecule has 0 saturated carbocycles. The molecule has 1 aromatic heterocycles. The van der Waals surface area contributed by atoms with Crippen LogP contribution in [0.4, 0.5) is 0 Å². The highest BCUT2D eigenvalue weighted by Crippen LogP contribution is 2.39. The average molecular weight is 402 g/mol. The Morgan fingerprint density at radius 2 is 1.89 bits per heavy atom. The lowest BCUT2D eigenvalue weighted by atomic mass is 10.0. The van der Waals surface area contributed by atoms with Crippen molar-refractivity contribution in [3.05, 3.63) is 69.3 Å². The molecule has 0 aliphatic carbocycles. The number of aromatic nitrogens is 2. The first-order chi connectivity index (χ1) is 13.2. The summed E-state index contributed by atoms with van der Waals surface area (Å²) in [6, 6.07) is 14.3. The molecule has 3 aromatic rings. The van der Waals surface area contributed by atoms with E-state index < -0.39 is 0 Å². The van der Waals surface area contributed by atoms with Gasteiger partial charge in [-0.3, -0.25) is 10.00 Å². The molecule has 6 heteroatoms. The van der Waals surface area contributed by atoms with Crippen molar-refractivity contribution < 1.29 is 4.74 Å². The van der Waals surface area contributed by atoms with Crippen LogP contribution in [0.25, 0.3) is 11.3 Å². The minimum absolute atomic E-state index is 0.507. The fraction of sp³-hybridized carbons (Fsp3) is 0.286. The third-order valence-corrected chi connectivity index (χ3v) is 5.38. The third kappa shape index (κ3) is 3.84. The molecule has 0 fully saturated rings. The highest BCUT2D eigenvalue weighted by atomic mass is 35.5. The van der Waals surface area contributed by atoms with Gasteiger partial charge in [-0.2, -0.15) is 5.10 Å². The second-order valence-electron chi connectivity index (χ2n) is 6.68. The van der Waals surface area contributed by atoms with Crippen LogP contribution in [0.5, 0.6) is 5.75 Å². The fourth-order valence-electron chi connectivity index (χ4n) is 3.55. The molecule has 1 aliphatic heterocycles. The quantitative estimate of drug-likeness (QED) is 0.626. The Labute approximate surface area is 169 Å². The van der Waals surface area contributed by atoms with Gasteiger partial charge in [-0.15, -0.1) is 0 Å². The molecule has 0 radical (unpaired) electrons. The second kappa shape index (κ2) is 7.93. The second-order valence-corrected chi connectivity index (χ2v) is 7.49. The lowest BCUT2D eigenvalue weighted by Gasteiger charge is -2.27. The number of aromatic amines is 1. The molecule has 4 nitrogen and oxygen atoms in total. The summed E-state index contributed by atoms with van der Waals surface area (Å²) in [6.07, 6.45) is 0.952. The molecule has 0 atom stereocenters. The number of hydrogen-bond acceptors (Lipinski definition) is 3. The van der Waals surface area contributed by atoms with Gasteiger partial charge in [0.1, 0.15) is 0 Å². The zero-order valence-electron chi connectivity index (χ0n) is 15.1. The molecule has 2 aromatic carbocycles. The van der Waals surface area contributed by atoms with Gasteiger partial charge in [-0.25, -0.2) is 0 Å². The zero-order valence-corrected chi connectivity index (χ0v) is 16.6. The van der Waals surface area contributed by atoms with Crippen molar-refractivity contribution in [2.75, 3.05) is 13.2 Å². The number of rotatable bonds is 5. The molecule has 27 heavy (non-hydrogen) atoms. The molecule has 0 unspecified atom stereocenters. The van der Waals surface area contributed by atoms with Crippen LogP contribution in [0, 0.1) is 0 Å². The number of nitrogens with one attached hydrogen (secondary N) is 1. The first kappa shape index (κ1) is 18.4. The summed E-state index contributed by atoms with van der Waals surface area (Å²) in [5.41, 5.74) is 5.55. The van der Waals surface area contributed by atoms with Gasteiger partial charge < -0.3 is 4.74 Å². The fourth-order valence-corrected chi connectivity index (χ4v) is 4.14. The van der Waals surface area contributed by atoms with Gasteiger partial charge >= 0.3 is 0 Å². The van der Waals surface area contributed by atoms with Gasteiger partial charge in [0.2, 0.25) is 0 Å². The molecular formula is C21H21Cl2N3O. The Morgan fingerprint density at radius 1 is 1.15 bits per heavy atom. The Hall–Kier alpha value is -2.01. The Balaban J connectivity index is 1.61. The van der Waals surface area contributed by atoms with E-state index in [9.17, 15) is 0 Å². The predicted octanol–water partition coefficient (Wildman–Crippen LogP) is 5.34. The summed E-state index contributed by atoms with van der Waals surface area (Å²) >= 11 is 12.8. The summed E-state index contributed by atoms with van der Waals surface area (Å²) in [7, 11) is 0. The molecule has 1 aliphatic rings. The van der Waals surface area contributed by atoms with E-state index in [1.165, 1.54) is 16.8 Å². The number of ether oxygens (including phenoxy) is 1. The van der Waals surface area contributed by atoms with E-state index in [0.29, 0.717) is 22.4 Å². The van der Waals surface area contributed by atoms with E-state index in [1.54, 1.807) is 0 Å². The smallest absolute Gasteiger partial charge is 0.156 e. The molecule has 0 saturated heterocycles. The van der Waals surface area contributed by atoms with Gasteiger partial charge in [-0.05, 0) is 24.6 Å². The lowest BCUT2D eigenvalue weighted by Crippen LogP contribution is -2.29. The van der Waals surface area contributed by atoms with Crippen LogP contribution in [0.3, 0.4) is 0 Å². The van der Waals surface area contributed by atoms with Gasteiger partial charge in [-0.1, -0.05) is 53.5 Å². The van der Waals surface area contributed by atoms with E-state index >= 15 is 0 Å². The summed E-state index contributed by atoms with van der Waals surface area (Å²) in [5.74, 6) is 0.527. The topological polar surface area (TPSA) is 41.1 Å². The van der Waals surface area contributed by atoms with Crippen LogP contribution >= 0.6 is 23.2 Å². The minimum Gasteiger partial charge on any atom is -0.491 e. The SMILES string of the molecule is CCOc1c(Cl)cc(-c2n[nH]c3c2CN(Cc2ccccc2)CC3)cc1Cl. The Morgan fingerprint density at radius 3 is 2.59 bits per heavy atom. The van der Waals surface area contributed by atoms with Crippen LogP contribution in [0.1, 0.15) is 23.7 Å². The predicted molar refractivity (Wildman–Crippen MR) is 109 cm³/mol. The first-order valence-corrected chi connectivity index (χ1v) is 9.86. The first-order valence-electron chi connectivity index (χ1n) is 9.10. The van der Waals surface area contributed by atoms with Gasteiger partial charge in [0.05, 0.1) is 22.3 Å². The van der Waals surface area contributed by atoms with Crippen molar-refractivity contribution in [3.63, 3.8) is 0 Å². The van der Waals surface area contributed by atoms with E-state index in [1.807, 2.05) is 25.1 Å². The van der Waals surface area contributed by atoms with Crippen molar-refractivity contribution in [2.24, 2.45) is 0 Å². The molecule has 0 bridgehead atoms. The average Bonchev–Trinajstić information content (AvgIpc) is 3.09. The van der Waals surface area contributed by atoms with E-state index in [2.05, 4.69) is 39.4 Å². The normalized spacial score (nSPS) is 14.2. The number of hydrogen-bond donors (Lipinski definition) is 1. The van der Waals surface area contributed by atoms with Crippen LogP contribution in [-0.4, -0.2) is 28.2 Å². The number of nitrogens with zero attached hydrogens (tertiary/aromatic N) is 2. The maximum atomic E-state index is 6.39. The van der Waals surface area contributed by atoms with Crippen molar-refractivity contribution in [3.8, 4) is 17.0 Å². The number of benzene rings is 2. The van der Waals surface area contributed by atoms with Crippen molar-refractivity contribution in [2.45, 2.75) is 26.4 Å². The van der Waals surface area contributed by atoms with Gasteiger partial charge in [0.15, 0.2) is 5.75 Å². The molecule has 140 valence electrons. The standard InChI is InChI=1S/C21H21Cl2N3O/c1-2-27-21-17(22)10-15(11-18(21)23)20-16-13-26(9-8-19(16)24-25-20)12-14-6-4-3-5-7-14/h3-7,10-11H,2,8-9,12-13H2,1H3,(H,24,25). The summed E-state index contributed by atoms with van der Waals surface area (Å²) in [4.78, 5) is 2.44. The molecule has 1 N–H and O–H groups in total. The maximum Gasteiger partial charge on any atom is 0.156 e. The van der Waals surface area contributed by atoms with Crippen LogP contribution in [0.15, 0.2) is 42.5 Å². The molecule has 4 rings (SSSR count). The minimum atomic E-state index is 0.507. The third-order valence-electron chi connectivity index (χ3n) is 4.82. The number of halogens is 2. The lowest BCUT2D eigenvalue weighted by molar-refractivity contribution is 0.245. The van der Waals surface area contributed by atoms with Gasteiger partial charge in [0.25, 0.3) is 0 Å². The monoisotopic (exact) mass is 401 g/mol. The molecule has 2 heterocycles. The zero-order chi connectivity index (χ0) is 18.8. The van der Waals surface area contributed by atoms with Crippen LogP contribution in [0.2, 0.25) is 10.0 Å². The molecule has 0 amide bonds. The van der Waals surface area contributed by atoms with Crippen molar-refractivity contribution in [1.82, 2.24) is 15.1 Å². The van der Waals surface area contributed by atoms with Crippen molar-refractivity contribution >= 4 is 23.2 Å². The number of fused-ring (bicyclic) bond motifs is 1. The Kier molecular flexibility index (Phi) is 5.39. The largest absolute Gasteiger partial charge is 0.491 e. The Bertz CT molecular complexity index is 917. The van der Waals surface area contributed by atoms with Crippen LogP contribution in [-0.2, 0) is 19.5 Å². The van der Waals surface area contributed by atoms with Crippen LogP contribution < -0.4 is 4.74 Å². The maximum absolute atomic E-state index is 6.39. The summed E-state index contributed by atoms with van der Waals surface area (Å²) < 4.78 is 5.54. The molecular weight excluding hydrogens is 381 g/mol. The van der Waals surface area contributed by atoms with Crippen molar-refractivity contribution in [1.29, 1.82) is 0 Å². The van der Waals surface area contributed by atoms with Gasteiger partial charge in [0, 0.05) is 42.9 Å². The highest BCUT2D eigenvalue weighted by Gasteiger charge is 2.24. The van der Waals surface area contributed by atoms with E-state index in [-0.39, 0.29) is 0 Å². The highest BCUT2D eigenvalue weighted by molar-refractivity contribution is 6.37.